The first-order valence-corrected chi connectivity index (χ1v) is 9.16. The molecule has 6 heteroatoms. The number of hydrogen-bond acceptors (Lipinski definition) is 3. The number of halogens is 1. The summed E-state index contributed by atoms with van der Waals surface area (Å²) in [6.07, 6.45) is 0.912. The van der Waals surface area contributed by atoms with E-state index in [0.29, 0.717) is 10.8 Å². The van der Waals surface area contributed by atoms with Gasteiger partial charge < -0.3 is 9.88 Å². The molecule has 0 spiro atoms. The predicted molar refractivity (Wildman–Crippen MR) is 98.9 cm³/mol. The van der Waals surface area contributed by atoms with Crippen molar-refractivity contribution in [1.82, 2.24) is 9.97 Å². The topological polar surface area (TPSA) is 49.0 Å². The van der Waals surface area contributed by atoms with Crippen molar-refractivity contribution in [1.29, 1.82) is 0 Å². The highest BCUT2D eigenvalue weighted by molar-refractivity contribution is 7.99. The van der Waals surface area contributed by atoms with Gasteiger partial charge in [0.2, 0.25) is 5.91 Å². The average Bonchev–Trinajstić information content (AvgIpc) is 3.11. The largest absolute Gasteiger partial charge is 0.333 e. The first kappa shape index (κ1) is 15.5. The molecule has 3 aromatic rings. The number of anilines is 1. The minimum atomic E-state index is 0.107. The van der Waals surface area contributed by atoms with Crippen molar-refractivity contribution in [3.05, 3.63) is 53.1 Å². The van der Waals surface area contributed by atoms with Crippen LogP contribution in [0, 0.1) is 0 Å². The van der Waals surface area contributed by atoms with Crippen molar-refractivity contribution >= 4 is 46.0 Å². The number of carbonyl (C=O) groups is 1. The first-order chi connectivity index (χ1) is 11.6. The van der Waals surface area contributed by atoms with Crippen LogP contribution in [0.25, 0.3) is 11.0 Å². The number of imidazole rings is 1. The van der Waals surface area contributed by atoms with Gasteiger partial charge in [-0.2, -0.15) is 0 Å². The quantitative estimate of drug-likeness (QED) is 0.711. The third kappa shape index (κ3) is 2.78. The van der Waals surface area contributed by atoms with E-state index >= 15 is 0 Å². The third-order valence-electron chi connectivity index (χ3n) is 4.23. The second-order valence-corrected chi connectivity index (χ2v) is 7.34. The third-order valence-corrected chi connectivity index (χ3v) is 5.32. The van der Waals surface area contributed by atoms with Gasteiger partial charge in [0.25, 0.3) is 0 Å². The van der Waals surface area contributed by atoms with Crippen molar-refractivity contribution in [2.45, 2.75) is 24.5 Å². The number of rotatable bonds is 3. The lowest BCUT2D eigenvalue weighted by molar-refractivity contribution is -0.116. The normalized spacial score (nSPS) is 16.6. The number of nitrogens with one attached hydrogen (secondary N) is 1. The molecule has 0 radical (unpaired) electrons. The number of benzene rings is 2. The number of nitrogens with zero attached hydrogens (tertiary/aromatic N) is 2. The number of aromatic amines is 1. The standard InChI is InChI=1S/C18H16ClN3OS/c1-11-8-12-4-2-3-5-16(12)22(11)17(23)10-24-18-20-14-7-6-13(19)9-15(14)21-18/h2-7,9,11H,8,10H2,1H3,(H,20,21)/t11-/m1/s1. The molecular formula is C18H16ClN3OS. The van der Waals surface area contributed by atoms with Gasteiger partial charge in [-0.3, -0.25) is 4.79 Å². The highest BCUT2D eigenvalue weighted by Crippen LogP contribution is 2.32. The Morgan fingerprint density at radius 1 is 1.38 bits per heavy atom. The minimum Gasteiger partial charge on any atom is -0.333 e. The molecule has 24 heavy (non-hydrogen) atoms. The van der Waals surface area contributed by atoms with Crippen LogP contribution in [0.4, 0.5) is 5.69 Å². The van der Waals surface area contributed by atoms with Crippen LogP contribution in [-0.4, -0.2) is 27.7 Å². The molecule has 4 rings (SSSR count). The Morgan fingerprint density at radius 3 is 3.08 bits per heavy atom. The smallest absolute Gasteiger partial charge is 0.237 e. The number of thioether (sulfide) groups is 1. The van der Waals surface area contributed by atoms with Gasteiger partial charge in [0, 0.05) is 16.8 Å². The molecule has 0 unspecified atom stereocenters. The van der Waals surface area contributed by atoms with Crippen LogP contribution in [-0.2, 0) is 11.2 Å². The molecule has 1 N–H and O–H groups in total. The molecule has 1 amide bonds. The Hall–Kier alpha value is -1.98. The lowest BCUT2D eigenvalue weighted by Crippen LogP contribution is -2.36. The molecule has 0 aliphatic carbocycles. The molecular weight excluding hydrogens is 342 g/mol. The summed E-state index contributed by atoms with van der Waals surface area (Å²) >= 11 is 7.41. The van der Waals surface area contributed by atoms with E-state index in [1.54, 1.807) is 0 Å². The zero-order valence-electron chi connectivity index (χ0n) is 13.1. The van der Waals surface area contributed by atoms with E-state index < -0.39 is 0 Å². The summed E-state index contributed by atoms with van der Waals surface area (Å²) in [5.41, 5.74) is 4.01. The Kier molecular flexibility index (Phi) is 3.98. The number of carbonyl (C=O) groups excluding carboxylic acids is 1. The summed E-state index contributed by atoms with van der Waals surface area (Å²) in [5.74, 6) is 0.461. The highest BCUT2D eigenvalue weighted by atomic mass is 35.5. The van der Waals surface area contributed by atoms with Gasteiger partial charge in [-0.1, -0.05) is 41.6 Å². The Bertz CT molecular complexity index is 924. The number of aromatic nitrogens is 2. The van der Waals surface area contributed by atoms with E-state index in [1.165, 1.54) is 17.3 Å². The molecule has 0 saturated heterocycles. The average molecular weight is 358 g/mol. The zero-order valence-corrected chi connectivity index (χ0v) is 14.7. The van der Waals surface area contributed by atoms with Crippen molar-refractivity contribution in [2.24, 2.45) is 0 Å². The maximum atomic E-state index is 12.7. The van der Waals surface area contributed by atoms with Crippen molar-refractivity contribution in [3.63, 3.8) is 0 Å². The monoisotopic (exact) mass is 357 g/mol. The molecule has 4 nitrogen and oxygen atoms in total. The molecule has 1 aliphatic rings. The highest BCUT2D eigenvalue weighted by Gasteiger charge is 2.30. The van der Waals surface area contributed by atoms with Gasteiger partial charge in [0.05, 0.1) is 16.8 Å². The first-order valence-electron chi connectivity index (χ1n) is 7.80. The fourth-order valence-electron chi connectivity index (χ4n) is 3.17. The Labute approximate surface area is 149 Å². The van der Waals surface area contributed by atoms with Crippen LogP contribution < -0.4 is 4.90 Å². The van der Waals surface area contributed by atoms with Crippen molar-refractivity contribution in [2.75, 3.05) is 10.7 Å². The summed E-state index contributed by atoms with van der Waals surface area (Å²) in [4.78, 5) is 22.3. The second-order valence-electron chi connectivity index (χ2n) is 5.94. The fourth-order valence-corrected chi connectivity index (χ4v) is 4.09. The summed E-state index contributed by atoms with van der Waals surface area (Å²) < 4.78 is 0. The van der Waals surface area contributed by atoms with E-state index in [0.717, 1.165) is 28.3 Å². The van der Waals surface area contributed by atoms with Gasteiger partial charge in [-0.05, 0) is 43.2 Å². The molecule has 0 fully saturated rings. The second kappa shape index (κ2) is 6.15. The zero-order chi connectivity index (χ0) is 16.7. The van der Waals surface area contributed by atoms with Crippen LogP contribution >= 0.6 is 23.4 Å². The van der Waals surface area contributed by atoms with Gasteiger partial charge in [-0.15, -0.1) is 0 Å². The lowest BCUT2D eigenvalue weighted by atomic mass is 10.1. The van der Waals surface area contributed by atoms with E-state index in [4.69, 9.17) is 11.6 Å². The maximum Gasteiger partial charge on any atom is 0.237 e. The van der Waals surface area contributed by atoms with Crippen molar-refractivity contribution < 1.29 is 4.79 Å². The van der Waals surface area contributed by atoms with E-state index in [9.17, 15) is 4.79 Å². The van der Waals surface area contributed by atoms with Crippen LogP contribution in [0.15, 0.2) is 47.6 Å². The summed E-state index contributed by atoms with van der Waals surface area (Å²) in [6, 6.07) is 13.8. The summed E-state index contributed by atoms with van der Waals surface area (Å²) in [7, 11) is 0. The Morgan fingerprint density at radius 2 is 2.21 bits per heavy atom. The SMILES string of the molecule is C[C@@H]1Cc2ccccc2N1C(=O)CSc1nc2ccc(Cl)cc2[nH]1. The molecule has 1 atom stereocenters. The van der Waals surface area contributed by atoms with Gasteiger partial charge in [0.1, 0.15) is 0 Å². The van der Waals surface area contributed by atoms with Gasteiger partial charge in [0.15, 0.2) is 5.16 Å². The molecule has 0 saturated carbocycles. The van der Waals surface area contributed by atoms with E-state index in [-0.39, 0.29) is 11.9 Å². The minimum absolute atomic E-state index is 0.107. The van der Waals surface area contributed by atoms with Crippen LogP contribution in [0.2, 0.25) is 5.02 Å². The molecule has 1 aromatic heterocycles. The van der Waals surface area contributed by atoms with Gasteiger partial charge >= 0.3 is 0 Å². The summed E-state index contributed by atoms with van der Waals surface area (Å²) in [5, 5.41) is 1.40. The molecule has 2 aromatic carbocycles. The van der Waals surface area contributed by atoms with Crippen LogP contribution in [0.1, 0.15) is 12.5 Å². The van der Waals surface area contributed by atoms with Gasteiger partial charge in [-0.25, -0.2) is 4.98 Å². The fraction of sp³-hybridized carbons (Fsp3) is 0.222. The number of para-hydroxylation sites is 1. The van der Waals surface area contributed by atoms with E-state index in [2.05, 4.69) is 23.0 Å². The number of fused-ring (bicyclic) bond motifs is 2. The number of H-pyrrole nitrogens is 1. The predicted octanol–water partition coefficient (Wildman–Crippen LogP) is 4.29. The summed E-state index contributed by atoms with van der Waals surface area (Å²) in [6.45, 7) is 2.09. The molecule has 0 bridgehead atoms. The Balaban J connectivity index is 1.50. The maximum absolute atomic E-state index is 12.7. The molecule has 1 aliphatic heterocycles. The number of hydrogen-bond donors (Lipinski definition) is 1. The van der Waals surface area contributed by atoms with Crippen LogP contribution in [0.3, 0.4) is 0 Å². The molecule has 2 heterocycles. The van der Waals surface area contributed by atoms with Crippen LogP contribution in [0.5, 0.6) is 0 Å². The lowest BCUT2D eigenvalue weighted by Gasteiger charge is -2.22. The molecule has 122 valence electrons. The number of amides is 1. The van der Waals surface area contributed by atoms with Crippen molar-refractivity contribution in [3.8, 4) is 0 Å². The van der Waals surface area contributed by atoms with E-state index in [1.807, 2.05) is 41.3 Å².